The van der Waals surface area contributed by atoms with Crippen molar-refractivity contribution in [2.75, 3.05) is 14.2 Å². The predicted octanol–water partition coefficient (Wildman–Crippen LogP) is 4.88. The molecule has 1 aromatic heterocycles. The SMILES string of the molecule is COc1cc(/C=C(\C#N)C(=O)c2c[nH]c3cccc(C)c23)cc(OC)c1OC(F)F. The molecule has 0 aliphatic rings. The number of alkyl halides is 2. The molecule has 154 valence electrons. The molecular weight excluding hydrogens is 394 g/mol. The fraction of sp³-hybridized carbons (Fsp3) is 0.182. The van der Waals surface area contributed by atoms with Crippen molar-refractivity contribution in [3.05, 3.63) is 58.8 Å². The van der Waals surface area contributed by atoms with E-state index in [9.17, 15) is 18.8 Å². The van der Waals surface area contributed by atoms with Crippen LogP contribution in [0.5, 0.6) is 17.2 Å². The van der Waals surface area contributed by atoms with Crippen LogP contribution in [0.3, 0.4) is 0 Å². The highest BCUT2D eigenvalue weighted by Crippen LogP contribution is 2.40. The van der Waals surface area contributed by atoms with Crippen molar-refractivity contribution in [1.29, 1.82) is 5.26 Å². The topological polar surface area (TPSA) is 84.3 Å². The molecule has 1 N–H and O–H groups in total. The van der Waals surface area contributed by atoms with Crippen LogP contribution in [0.1, 0.15) is 21.5 Å². The molecule has 2 aromatic carbocycles. The highest BCUT2D eigenvalue weighted by molar-refractivity contribution is 6.20. The number of nitriles is 1. The van der Waals surface area contributed by atoms with E-state index in [1.54, 1.807) is 6.20 Å². The normalized spacial score (nSPS) is 11.4. The number of carbonyl (C=O) groups excluding carboxylic acids is 1. The molecule has 3 rings (SSSR count). The van der Waals surface area contributed by atoms with Gasteiger partial charge >= 0.3 is 6.61 Å². The summed E-state index contributed by atoms with van der Waals surface area (Å²) in [6, 6.07) is 10.3. The van der Waals surface area contributed by atoms with Crippen LogP contribution in [0, 0.1) is 18.3 Å². The van der Waals surface area contributed by atoms with Crippen LogP contribution in [0.2, 0.25) is 0 Å². The van der Waals surface area contributed by atoms with E-state index in [2.05, 4.69) is 9.72 Å². The maximum atomic E-state index is 13.0. The number of allylic oxidation sites excluding steroid dienone is 1. The summed E-state index contributed by atoms with van der Waals surface area (Å²) in [6.07, 6.45) is 2.91. The maximum absolute atomic E-state index is 13.0. The minimum atomic E-state index is -3.07. The van der Waals surface area contributed by atoms with Crippen LogP contribution in [0.4, 0.5) is 8.78 Å². The van der Waals surface area contributed by atoms with Gasteiger partial charge in [-0.2, -0.15) is 14.0 Å². The number of hydrogen-bond acceptors (Lipinski definition) is 5. The summed E-state index contributed by atoms with van der Waals surface area (Å²) < 4.78 is 40.1. The van der Waals surface area contributed by atoms with Crippen molar-refractivity contribution < 1.29 is 27.8 Å². The van der Waals surface area contributed by atoms with Crippen LogP contribution in [0.15, 0.2) is 42.1 Å². The number of nitrogens with one attached hydrogen (secondary N) is 1. The van der Waals surface area contributed by atoms with Crippen LogP contribution >= 0.6 is 0 Å². The summed E-state index contributed by atoms with van der Waals surface area (Å²) in [5.74, 6) is -0.782. The number of aromatic nitrogens is 1. The van der Waals surface area contributed by atoms with Crippen molar-refractivity contribution in [3.63, 3.8) is 0 Å². The van der Waals surface area contributed by atoms with Gasteiger partial charge in [0.1, 0.15) is 11.6 Å². The summed E-state index contributed by atoms with van der Waals surface area (Å²) in [6.45, 7) is -1.20. The summed E-state index contributed by atoms with van der Waals surface area (Å²) >= 11 is 0. The molecule has 30 heavy (non-hydrogen) atoms. The van der Waals surface area contributed by atoms with Gasteiger partial charge in [0.25, 0.3) is 0 Å². The summed E-state index contributed by atoms with van der Waals surface area (Å²) in [5, 5.41) is 10.3. The first-order valence-electron chi connectivity index (χ1n) is 8.83. The Kier molecular flexibility index (Phi) is 6.02. The lowest BCUT2D eigenvalue weighted by atomic mass is 9.99. The number of carbonyl (C=O) groups is 1. The molecule has 0 atom stereocenters. The Morgan fingerprint density at radius 1 is 1.20 bits per heavy atom. The fourth-order valence-electron chi connectivity index (χ4n) is 3.20. The number of ketones is 1. The highest BCUT2D eigenvalue weighted by Gasteiger charge is 2.20. The summed E-state index contributed by atoms with van der Waals surface area (Å²) in [7, 11) is 2.57. The lowest BCUT2D eigenvalue weighted by Crippen LogP contribution is -2.06. The van der Waals surface area contributed by atoms with Gasteiger partial charge in [0.2, 0.25) is 11.5 Å². The Morgan fingerprint density at radius 3 is 2.43 bits per heavy atom. The van der Waals surface area contributed by atoms with Crippen molar-refractivity contribution >= 4 is 22.8 Å². The second kappa shape index (κ2) is 8.66. The van der Waals surface area contributed by atoms with Gasteiger partial charge in [-0.3, -0.25) is 4.79 Å². The number of nitrogens with zero attached hydrogens (tertiary/aromatic N) is 1. The molecule has 1 heterocycles. The van der Waals surface area contributed by atoms with Gasteiger partial charge in [0, 0.05) is 22.7 Å². The first-order valence-corrected chi connectivity index (χ1v) is 8.83. The van der Waals surface area contributed by atoms with Crippen LogP contribution in [-0.2, 0) is 0 Å². The molecule has 0 fully saturated rings. The van der Waals surface area contributed by atoms with E-state index in [0.29, 0.717) is 11.1 Å². The van der Waals surface area contributed by atoms with Gasteiger partial charge in [-0.05, 0) is 42.3 Å². The van der Waals surface area contributed by atoms with Crippen LogP contribution in [0.25, 0.3) is 17.0 Å². The Labute approximate surface area is 171 Å². The van der Waals surface area contributed by atoms with Gasteiger partial charge in [-0.15, -0.1) is 0 Å². The Balaban J connectivity index is 2.07. The van der Waals surface area contributed by atoms with E-state index in [1.165, 1.54) is 32.4 Å². The minimum absolute atomic E-state index is 0.0198. The number of benzene rings is 2. The Morgan fingerprint density at radius 2 is 1.87 bits per heavy atom. The molecule has 0 aliphatic heterocycles. The third-order valence-electron chi connectivity index (χ3n) is 4.52. The van der Waals surface area contributed by atoms with E-state index in [1.807, 2.05) is 31.2 Å². The Hall–Kier alpha value is -3.86. The minimum Gasteiger partial charge on any atom is -0.493 e. The van der Waals surface area contributed by atoms with Crippen molar-refractivity contribution in [2.24, 2.45) is 0 Å². The fourth-order valence-corrected chi connectivity index (χ4v) is 3.20. The summed E-state index contributed by atoms with van der Waals surface area (Å²) in [4.78, 5) is 16.1. The van der Waals surface area contributed by atoms with E-state index >= 15 is 0 Å². The molecule has 6 nitrogen and oxygen atoms in total. The number of methoxy groups -OCH3 is 2. The average Bonchev–Trinajstić information content (AvgIpc) is 3.17. The second-order valence-electron chi connectivity index (χ2n) is 6.33. The van der Waals surface area contributed by atoms with Gasteiger partial charge in [0.15, 0.2) is 11.5 Å². The average molecular weight is 412 g/mol. The zero-order valence-electron chi connectivity index (χ0n) is 16.5. The number of rotatable bonds is 7. The molecule has 0 amide bonds. The number of aryl methyl sites for hydroxylation is 1. The molecule has 8 heteroatoms. The number of aromatic amines is 1. The number of H-pyrrole nitrogens is 1. The highest BCUT2D eigenvalue weighted by atomic mass is 19.3. The van der Waals surface area contributed by atoms with Crippen LogP contribution < -0.4 is 14.2 Å². The van der Waals surface area contributed by atoms with E-state index < -0.39 is 12.4 Å². The van der Waals surface area contributed by atoms with E-state index in [-0.39, 0.29) is 22.8 Å². The van der Waals surface area contributed by atoms with Crippen molar-refractivity contribution in [2.45, 2.75) is 13.5 Å². The molecule has 0 unspecified atom stereocenters. The molecule has 0 aliphatic carbocycles. The first-order chi connectivity index (χ1) is 14.4. The molecule has 0 bridgehead atoms. The third kappa shape index (κ3) is 3.96. The third-order valence-corrected chi connectivity index (χ3v) is 4.52. The molecule has 0 spiro atoms. The number of fused-ring (bicyclic) bond motifs is 1. The monoisotopic (exact) mass is 412 g/mol. The smallest absolute Gasteiger partial charge is 0.387 e. The zero-order valence-corrected chi connectivity index (χ0v) is 16.5. The van der Waals surface area contributed by atoms with Crippen molar-refractivity contribution in [1.82, 2.24) is 4.98 Å². The lowest BCUT2D eigenvalue weighted by Gasteiger charge is -2.14. The molecule has 0 radical (unpaired) electrons. The zero-order chi connectivity index (χ0) is 21.8. The molecule has 0 saturated carbocycles. The summed E-state index contributed by atoms with van der Waals surface area (Å²) in [5.41, 5.74) is 2.27. The van der Waals surface area contributed by atoms with Gasteiger partial charge in [-0.25, -0.2) is 0 Å². The number of ether oxygens (including phenoxy) is 3. The predicted molar refractivity (Wildman–Crippen MR) is 107 cm³/mol. The second-order valence-corrected chi connectivity index (χ2v) is 6.33. The standard InChI is InChI=1S/C22H18F2N2O4/c1-12-5-4-6-16-19(12)15(11-26-16)20(27)14(10-25)7-13-8-17(28-2)21(30-22(23)24)18(9-13)29-3/h4-9,11,22,26H,1-3H3/b14-7+. The number of Topliss-reactive ketones (excluding diaryl/α,β-unsaturated/α-hetero) is 1. The Bertz CT molecular complexity index is 1150. The number of halogens is 2. The molecular formula is C22H18F2N2O4. The van der Waals surface area contributed by atoms with E-state index in [4.69, 9.17) is 9.47 Å². The van der Waals surface area contributed by atoms with Gasteiger partial charge in [-0.1, -0.05) is 12.1 Å². The van der Waals surface area contributed by atoms with Gasteiger partial charge < -0.3 is 19.2 Å². The largest absolute Gasteiger partial charge is 0.493 e. The molecule has 3 aromatic rings. The number of hydrogen-bond donors (Lipinski definition) is 1. The van der Waals surface area contributed by atoms with E-state index in [0.717, 1.165) is 16.5 Å². The lowest BCUT2D eigenvalue weighted by molar-refractivity contribution is -0.0526. The van der Waals surface area contributed by atoms with Crippen LogP contribution in [-0.4, -0.2) is 31.6 Å². The maximum Gasteiger partial charge on any atom is 0.387 e. The molecule has 0 saturated heterocycles. The van der Waals surface area contributed by atoms with Crippen molar-refractivity contribution in [3.8, 4) is 23.3 Å². The first kappa shape index (κ1) is 20.9. The van der Waals surface area contributed by atoms with Gasteiger partial charge in [0.05, 0.1) is 14.2 Å². The quantitative estimate of drug-likeness (QED) is 0.340.